The zero-order valence-corrected chi connectivity index (χ0v) is 12.5. The molecule has 0 aliphatic carbocycles. The molecule has 0 unspecified atom stereocenters. The van der Waals surface area contributed by atoms with Crippen molar-refractivity contribution in [2.45, 2.75) is 6.61 Å². The van der Waals surface area contributed by atoms with Crippen molar-refractivity contribution < 1.29 is 18.7 Å². The van der Waals surface area contributed by atoms with E-state index >= 15 is 0 Å². The van der Waals surface area contributed by atoms with Gasteiger partial charge in [-0.1, -0.05) is 18.2 Å². The SMILES string of the molecule is COc1coc(COC(=O)c2cc3ccccc3s2)cc1=O. The van der Waals surface area contributed by atoms with E-state index in [2.05, 4.69) is 0 Å². The topological polar surface area (TPSA) is 65.7 Å². The second-order valence-electron chi connectivity index (χ2n) is 4.50. The Morgan fingerprint density at radius 3 is 2.82 bits per heavy atom. The molecule has 22 heavy (non-hydrogen) atoms. The van der Waals surface area contributed by atoms with Gasteiger partial charge < -0.3 is 13.9 Å². The highest BCUT2D eigenvalue weighted by Gasteiger charge is 2.13. The lowest BCUT2D eigenvalue weighted by atomic mass is 10.2. The third-order valence-electron chi connectivity index (χ3n) is 3.04. The number of benzene rings is 1. The van der Waals surface area contributed by atoms with Crippen LogP contribution in [-0.4, -0.2) is 13.1 Å². The summed E-state index contributed by atoms with van der Waals surface area (Å²) in [5.74, 6) is -0.0699. The number of rotatable bonds is 4. The molecule has 112 valence electrons. The fourth-order valence-electron chi connectivity index (χ4n) is 1.95. The fraction of sp³-hybridized carbons (Fsp3) is 0.125. The Kier molecular flexibility index (Phi) is 3.93. The number of hydrogen-bond acceptors (Lipinski definition) is 6. The van der Waals surface area contributed by atoms with Gasteiger partial charge in [0, 0.05) is 10.8 Å². The molecular weight excluding hydrogens is 304 g/mol. The average Bonchev–Trinajstić information content (AvgIpc) is 2.97. The Labute approximate surface area is 129 Å². The summed E-state index contributed by atoms with van der Waals surface area (Å²) in [6.07, 6.45) is 1.20. The standard InChI is InChI=1S/C16H12O5S/c1-19-13-9-20-11(7-12(13)17)8-21-16(18)15-6-10-4-2-3-5-14(10)22-15/h2-7,9H,8H2,1H3. The number of carbonyl (C=O) groups excluding carboxylic acids is 1. The van der Waals surface area contributed by atoms with Crippen LogP contribution in [0.15, 0.2) is 51.9 Å². The molecular formula is C16H12O5S. The molecule has 5 nitrogen and oxygen atoms in total. The van der Waals surface area contributed by atoms with Crippen molar-refractivity contribution in [2.75, 3.05) is 7.11 Å². The molecule has 0 spiro atoms. The molecule has 6 heteroatoms. The van der Waals surface area contributed by atoms with Crippen molar-refractivity contribution in [3.05, 3.63) is 63.5 Å². The highest BCUT2D eigenvalue weighted by atomic mass is 32.1. The fourth-order valence-corrected chi connectivity index (χ4v) is 2.91. The van der Waals surface area contributed by atoms with Gasteiger partial charge in [-0.2, -0.15) is 0 Å². The van der Waals surface area contributed by atoms with Crippen molar-refractivity contribution in [3.8, 4) is 5.75 Å². The summed E-state index contributed by atoms with van der Waals surface area (Å²) in [5, 5.41) is 0.996. The highest BCUT2D eigenvalue weighted by Crippen LogP contribution is 2.26. The molecule has 2 aromatic heterocycles. The monoisotopic (exact) mass is 316 g/mol. The maximum atomic E-state index is 12.0. The van der Waals surface area contributed by atoms with Gasteiger partial charge in [0.1, 0.15) is 23.5 Å². The van der Waals surface area contributed by atoms with E-state index in [9.17, 15) is 9.59 Å². The third-order valence-corrected chi connectivity index (χ3v) is 4.14. The molecule has 0 fully saturated rings. The van der Waals surface area contributed by atoms with Crippen molar-refractivity contribution in [1.29, 1.82) is 0 Å². The largest absolute Gasteiger partial charge is 0.490 e. The van der Waals surface area contributed by atoms with Crippen LogP contribution >= 0.6 is 11.3 Å². The number of hydrogen-bond donors (Lipinski definition) is 0. The minimum absolute atomic E-state index is 0.105. The van der Waals surface area contributed by atoms with E-state index in [1.165, 1.54) is 30.8 Å². The lowest BCUT2D eigenvalue weighted by Crippen LogP contribution is -2.08. The smallest absolute Gasteiger partial charge is 0.348 e. The Morgan fingerprint density at radius 1 is 1.27 bits per heavy atom. The maximum absolute atomic E-state index is 12.0. The number of fused-ring (bicyclic) bond motifs is 1. The zero-order chi connectivity index (χ0) is 15.5. The van der Waals surface area contributed by atoms with Crippen molar-refractivity contribution in [3.63, 3.8) is 0 Å². The Balaban J connectivity index is 1.72. The van der Waals surface area contributed by atoms with Crippen molar-refractivity contribution in [2.24, 2.45) is 0 Å². The molecule has 3 rings (SSSR count). The van der Waals surface area contributed by atoms with Crippen LogP contribution in [0.3, 0.4) is 0 Å². The second-order valence-corrected chi connectivity index (χ2v) is 5.59. The van der Waals surface area contributed by atoms with E-state index in [1.54, 1.807) is 6.07 Å². The Hall–Kier alpha value is -2.60. The van der Waals surface area contributed by atoms with Crippen LogP contribution in [0.2, 0.25) is 0 Å². The summed E-state index contributed by atoms with van der Waals surface area (Å²) in [6, 6.07) is 10.7. The van der Waals surface area contributed by atoms with Gasteiger partial charge in [-0.25, -0.2) is 4.79 Å². The molecule has 0 aliphatic heterocycles. The number of thiophene rings is 1. The summed E-state index contributed by atoms with van der Waals surface area (Å²) in [5.41, 5.74) is -0.318. The quantitative estimate of drug-likeness (QED) is 0.691. The molecule has 3 aromatic rings. The van der Waals surface area contributed by atoms with Crippen LogP contribution in [-0.2, 0) is 11.3 Å². The first kappa shape index (κ1) is 14.3. The van der Waals surface area contributed by atoms with Gasteiger partial charge in [0.2, 0.25) is 11.2 Å². The zero-order valence-electron chi connectivity index (χ0n) is 11.7. The highest BCUT2D eigenvalue weighted by molar-refractivity contribution is 7.20. The van der Waals surface area contributed by atoms with Gasteiger partial charge in [-0.05, 0) is 17.5 Å². The van der Waals surface area contributed by atoms with Gasteiger partial charge in [-0.15, -0.1) is 11.3 Å². The van der Waals surface area contributed by atoms with Crippen LogP contribution in [0.4, 0.5) is 0 Å². The average molecular weight is 316 g/mol. The van der Waals surface area contributed by atoms with Gasteiger partial charge in [-0.3, -0.25) is 4.79 Å². The summed E-state index contributed by atoms with van der Waals surface area (Å²) >= 11 is 1.36. The molecule has 0 saturated carbocycles. The summed E-state index contributed by atoms with van der Waals surface area (Å²) in [6.45, 7) is -0.105. The first-order valence-electron chi connectivity index (χ1n) is 6.49. The van der Waals surface area contributed by atoms with E-state index < -0.39 is 5.97 Å². The minimum atomic E-state index is -0.445. The maximum Gasteiger partial charge on any atom is 0.348 e. The Bertz CT molecular complexity index is 844. The predicted molar refractivity (Wildman–Crippen MR) is 82.5 cm³/mol. The normalized spacial score (nSPS) is 10.6. The van der Waals surface area contributed by atoms with Gasteiger partial charge in [0.25, 0.3) is 0 Å². The van der Waals surface area contributed by atoms with Crippen LogP contribution in [0.1, 0.15) is 15.4 Å². The van der Waals surface area contributed by atoms with Crippen LogP contribution in [0.5, 0.6) is 5.75 Å². The van der Waals surface area contributed by atoms with E-state index in [-0.39, 0.29) is 23.5 Å². The summed E-state index contributed by atoms with van der Waals surface area (Å²) in [7, 11) is 1.38. The van der Waals surface area contributed by atoms with E-state index in [1.807, 2.05) is 24.3 Å². The van der Waals surface area contributed by atoms with Crippen LogP contribution in [0.25, 0.3) is 10.1 Å². The summed E-state index contributed by atoms with van der Waals surface area (Å²) < 4.78 is 16.2. The first-order chi connectivity index (χ1) is 10.7. The lowest BCUT2D eigenvalue weighted by Gasteiger charge is -2.03. The summed E-state index contributed by atoms with van der Waals surface area (Å²) in [4.78, 5) is 24.1. The van der Waals surface area contributed by atoms with Crippen LogP contribution in [0, 0.1) is 0 Å². The van der Waals surface area contributed by atoms with E-state index in [0.717, 1.165) is 10.1 Å². The van der Waals surface area contributed by atoms with Crippen LogP contribution < -0.4 is 10.2 Å². The predicted octanol–water partition coefficient (Wildman–Crippen LogP) is 3.22. The number of ether oxygens (including phenoxy) is 2. The van der Waals surface area contributed by atoms with E-state index in [4.69, 9.17) is 13.9 Å². The molecule has 0 amide bonds. The first-order valence-corrected chi connectivity index (χ1v) is 7.30. The molecule has 1 aromatic carbocycles. The second kappa shape index (κ2) is 6.03. The molecule has 0 bridgehead atoms. The number of carbonyl (C=O) groups is 1. The van der Waals surface area contributed by atoms with Gasteiger partial charge in [0.05, 0.1) is 7.11 Å². The number of methoxy groups -OCH3 is 1. The molecule has 0 aliphatic rings. The lowest BCUT2D eigenvalue weighted by molar-refractivity contribution is 0.0448. The van der Waals surface area contributed by atoms with Crippen molar-refractivity contribution >= 4 is 27.4 Å². The molecule has 0 radical (unpaired) electrons. The Morgan fingerprint density at radius 2 is 2.09 bits per heavy atom. The molecule has 0 saturated heterocycles. The molecule has 0 atom stereocenters. The molecule has 0 N–H and O–H groups in total. The van der Waals surface area contributed by atoms with Gasteiger partial charge in [0.15, 0.2) is 0 Å². The van der Waals surface area contributed by atoms with Gasteiger partial charge >= 0.3 is 5.97 Å². The minimum Gasteiger partial charge on any atom is -0.490 e. The van der Waals surface area contributed by atoms with E-state index in [0.29, 0.717) is 4.88 Å². The number of esters is 1. The van der Waals surface area contributed by atoms with Crippen molar-refractivity contribution in [1.82, 2.24) is 0 Å². The third kappa shape index (κ3) is 2.87. The molecule has 2 heterocycles.